The second kappa shape index (κ2) is 15.4. The quantitative estimate of drug-likeness (QED) is 0.165. The van der Waals surface area contributed by atoms with E-state index in [4.69, 9.17) is 8.83 Å². The van der Waals surface area contributed by atoms with Crippen LogP contribution in [0.15, 0.2) is 179 Å². The summed E-state index contributed by atoms with van der Waals surface area (Å²) in [5.41, 5.74) is -14.3. The third-order valence-corrected chi connectivity index (χ3v) is 13.8. The number of para-hydroxylation sites is 4. The number of hydrogen-bond acceptors (Lipinski definition) is 2. The van der Waals surface area contributed by atoms with Crippen LogP contribution in [0.4, 0.5) is 52.7 Å². The predicted molar refractivity (Wildman–Crippen MR) is 261 cm³/mol. The number of benzene rings is 9. The molecule has 0 aliphatic heterocycles. The van der Waals surface area contributed by atoms with Crippen molar-refractivity contribution in [3.05, 3.63) is 192 Å². The maximum absolute atomic E-state index is 17.7. The number of fused-ring (bicyclic) bond motifs is 14. The van der Waals surface area contributed by atoms with Gasteiger partial charge in [0.25, 0.3) is 0 Å². The monoisotopic (exact) mass is 1010 g/mol. The van der Waals surface area contributed by atoms with Crippen LogP contribution in [0, 0.1) is 0 Å². The molecule has 0 aliphatic rings. The number of hydrogen-bond donors (Lipinski definition) is 0. The Balaban J connectivity index is 1.39. The van der Waals surface area contributed by atoms with Crippen LogP contribution in [-0.4, -0.2) is 9.13 Å². The number of rotatable bonds is 4. The highest BCUT2D eigenvalue weighted by atomic mass is 19.4. The Hall–Kier alpha value is -8.66. The Kier molecular flexibility index (Phi) is 9.43. The summed E-state index contributed by atoms with van der Waals surface area (Å²) in [7, 11) is 0. The minimum atomic E-state index is -5.85. The normalized spacial score (nSPS) is 13.1. The molecule has 0 fully saturated rings. The Morgan fingerprint density at radius 1 is 0.311 bits per heavy atom. The molecular formula is C58H28F12N2O2. The molecule has 0 unspecified atom stereocenters. The Morgan fingerprint density at radius 2 is 0.676 bits per heavy atom. The summed E-state index contributed by atoms with van der Waals surface area (Å²) in [5, 5.41) is 2.54. The molecule has 0 N–H and O–H groups in total. The maximum Gasteiger partial charge on any atom is 0.420 e. The van der Waals surface area contributed by atoms with Gasteiger partial charge in [0.15, 0.2) is 11.2 Å². The van der Waals surface area contributed by atoms with E-state index in [1.54, 1.807) is 84.9 Å². The minimum Gasteiger partial charge on any atom is -0.454 e. The van der Waals surface area contributed by atoms with Crippen molar-refractivity contribution < 1.29 is 61.5 Å². The van der Waals surface area contributed by atoms with Gasteiger partial charge >= 0.3 is 24.7 Å². The second-order valence-corrected chi connectivity index (χ2v) is 17.9. The average molecular weight is 1010 g/mol. The molecule has 0 saturated carbocycles. The van der Waals surface area contributed by atoms with E-state index >= 15 is 26.3 Å². The van der Waals surface area contributed by atoms with Crippen LogP contribution in [0.2, 0.25) is 0 Å². The molecule has 13 aromatic rings. The maximum atomic E-state index is 17.7. The zero-order valence-electron chi connectivity index (χ0n) is 37.4. The fourth-order valence-corrected chi connectivity index (χ4v) is 10.9. The molecule has 0 aliphatic carbocycles. The molecule has 4 nitrogen and oxygen atoms in total. The van der Waals surface area contributed by atoms with Gasteiger partial charge in [-0.3, -0.25) is 0 Å². The van der Waals surface area contributed by atoms with E-state index in [9.17, 15) is 26.3 Å². The van der Waals surface area contributed by atoms with Crippen molar-refractivity contribution in [3.63, 3.8) is 0 Å². The summed E-state index contributed by atoms with van der Waals surface area (Å²) in [6.07, 6.45) is -22.1. The Morgan fingerprint density at radius 3 is 1.07 bits per heavy atom. The standard InChI is InChI=1S/C58H28F12N2O2/c59-55(60,61)31-13-9-11-29(27-31)45-47(57(65,66)67)46(30-12-10-14-32(28-30)56(62,63)64)52(72-42-20-6-2-16-34(42)38-24-26-40-36-18-4-8-22-44(36)74-54(40)50(38)72)48(58(68,69)70)51(45)71-41-19-5-1-15-33(41)37-23-25-39-35-17-3-7-21-43(35)73-53(39)49(37)71/h1-28H. The van der Waals surface area contributed by atoms with Gasteiger partial charge in [-0.25, -0.2) is 0 Å². The first-order valence-corrected chi connectivity index (χ1v) is 22.7. The van der Waals surface area contributed by atoms with Crippen molar-refractivity contribution in [1.29, 1.82) is 0 Å². The first-order chi connectivity index (χ1) is 35.3. The van der Waals surface area contributed by atoms with Gasteiger partial charge in [0.05, 0.1) is 50.1 Å². The number of halogens is 12. The fraction of sp³-hybridized carbons (Fsp3) is 0.0690. The van der Waals surface area contributed by atoms with Crippen molar-refractivity contribution >= 4 is 87.5 Å². The van der Waals surface area contributed by atoms with Crippen molar-refractivity contribution in [2.24, 2.45) is 0 Å². The summed E-state index contributed by atoms with van der Waals surface area (Å²) in [5.74, 6) is 0. The van der Waals surface area contributed by atoms with E-state index in [-0.39, 0.29) is 65.9 Å². The molecule has 0 bridgehead atoms. The van der Waals surface area contributed by atoms with Crippen LogP contribution >= 0.6 is 0 Å². The van der Waals surface area contributed by atoms with Gasteiger partial charge < -0.3 is 18.0 Å². The lowest BCUT2D eigenvalue weighted by Gasteiger charge is -2.31. The van der Waals surface area contributed by atoms with E-state index in [2.05, 4.69) is 0 Å². The van der Waals surface area contributed by atoms with Crippen LogP contribution in [0.25, 0.3) is 121 Å². The van der Waals surface area contributed by atoms with Gasteiger partial charge in [-0.1, -0.05) is 109 Å². The summed E-state index contributed by atoms with van der Waals surface area (Å²) in [6, 6.07) is 36.4. The first kappa shape index (κ1) is 45.2. The molecule has 4 heterocycles. The number of alkyl halides is 12. The molecule has 0 saturated heterocycles. The lowest BCUT2D eigenvalue weighted by Crippen LogP contribution is -2.23. The lowest BCUT2D eigenvalue weighted by atomic mass is 9.84. The van der Waals surface area contributed by atoms with Gasteiger partial charge in [0, 0.05) is 54.2 Å². The third kappa shape index (κ3) is 6.59. The lowest BCUT2D eigenvalue weighted by molar-refractivity contribution is -0.140. The molecule has 13 rings (SSSR count). The molecule has 0 radical (unpaired) electrons. The smallest absolute Gasteiger partial charge is 0.420 e. The van der Waals surface area contributed by atoms with Crippen molar-refractivity contribution in [1.82, 2.24) is 9.13 Å². The van der Waals surface area contributed by atoms with Crippen LogP contribution in [0.5, 0.6) is 0 Å². The van der Waals surface area contributed by atoms with E-state index < -0.39 is 80.6 Å². The highest BCUT2D eigenvalue weighted by molar-refractivity contribution is 6.24. The summed E-state index contributed by atoms with van der Waals surface area (Å²) >= 11 is 0. The molecule has 0 spiro atoms. The van der Waals surface area contributed by atoms with Gasteiger partial charge in [0.1, 0.15) is 16.7 Å². The van der Waals surface area contributed by atoms with E-state index in [1.807, 2.05) is 0 Å². The highest BCUT2D eigenvalue weighted by Gasteiger charge is 2.49. The summed E-state index contributed by atoms with van der Waals surface area (Å²) in [4.78, 5) is 0. The molecule has 0 amide bonds. The predicted octanol–water partition coefficient (Wildman–Crippen LogP) is 19.1. The number of aromatic nitrogens is 2. The number of nitrogens with zero attached hydrogens (tertiary/aromatic N) is 2. The number of furan rings is 2. The Bertz CT molecular complexity index is 4230. The van der Waals surface area contributed by atoms with E-state index in [1.165, 1.54) is 36.4 Å². The van der Waals surface area contributed by atoms with Crippen molar-refractivity contribution in [2.45, 2.75) is 24.7 Å². The SMILES string of the molecule is FC(F)(F)c1cccc(-c2c(-n3c4ccccc4c4ccc5c6ccccc6oc5c43)c(C(F)(F)F)c(-n3c4ccccc4c4ccc5c6ccccc6oc5c43)c(-c3cccc(C(F)(F)F)c3)c2C(F)(F)F)c1. The minimum absolute atomic E-state index is 0.0686. The molecule has 366 valence electrons. The van der Waals surface area contributed by atoms with Gasteiger partial charge in [-0.15, -0.1) is 0 Å². The van der Waals surface area contributed by atoms with Gasteiger partial charge in [-0.2, -0.15) is 52.7 Å². The molecular weight excluding hydrogens is 985 g/mol. The molecule has 4 aromatic heterocycles. The van der Waals surface area contributed by atoms with Gasteiger partial charge in [0.2, 0.25) is 0 Å². The van der Waals surface area contributed by atoms with Crippen LogP contribution in [0.3, 0.4) is 0 Å². The summed E-state index contributed by atoms with van der Waals surface area (Å²) < 4.78 is 209. The molecule has 16 heteroatoms. The van der Waals surface area contributed by atoms with Crippen LogP contribution in [-0.2, 0) is 24.7 Å². The zero-order valence-corrected chi connectivity index (χ0v) is 37.4. The topological polar surface area (TPSA) is 36.1 Å². The van der Waals surface area contributed by atoms with Crippen LogP contribution < -0.4 is 0 Å². The van der Waals surface area contributed by atoms with Crippen molar-refractivity contribution in [3.8, 4) is 33.6 Å². The van der Waals surface area contributed by atoms with Gasteiger partial charge in [-0.05, 0) is 71.8 Å². The first-order valence-electron chi connectivity index (χ1n) is 22.7. The molecule has 9 aromatic carbocycles. The largest absolute Gasteiger partial charge is 0.454 e. The summed E-state index contributed by atoms with van der Waals surface area (Å²) in [6.45, 7) is 0. The Labute approximate surface area is 407 Å². The van der Waals surface area contributed by atoms with Crippen molar-refractivity contribution in [2.75, 3.05) is 0 Å². The molecule has 0 atom stereocenters. The fourth-order valence-electron chi connectivity index (χ4n) is 10.9. The average Bonchev–Trinajstić information content (AvgIpc) is 4.13. The molecule has 74 heavy (non-hydrogen) atoms. The third-order valence-electron chi connectivity index (χ3n) is 13.8. The van der Waals surface area contributed by atoms with Crippen LogP contribution in [0.1, 0.15) is 22.3 Å². The van der Waals surface area contributed by atoms with E-state index in [0.717, 1.165) is 33.4 Å². The zero-order chi connectivity index (χ0) is 51.4. The van der Waals surface area contributed by atoms with E-state index in [0.29, 0.717) is 45.8 Å². The highest BCUT2D eigenvalue weighted by Crippen LogP contribution is 2.58. The second-order valence-electron chi connectivity index (χ2n) is 17.9.